The second-order valence-corrected chi connectivity index (χ2v) is 6.86. The Bertz CT molecular complexity index is 763. The van der Waals surface area contributed by atoms with Gasteiger partial charge in [0.15, 0.2) is 0 Å². The topological polar surface area (TPSA) is 77.1 Å². The molecule has 22 heavy (non-hydrogen) atoms. The molecular formula is C15H19N5O2. The molecule has 2 fully saturated rings. The highest BCUT2D eigenvalue weighted by Crippen LogP contribution is 2.54. The number of benzene rings is 1. The summed E-state index contributed by atoms with van der Waals surface area (Å²) in [7, 11) is 0. The van der Waals surface area contributed by atoms with Crippen molar-refractivity contribution in [1.29, 1.82) is 0 Å². The van der Waals surface area contributed by atoms with Gasteiger partial charge in [0.2, 0.25) is 0 Å². The number of hydrogen-bond donors (Lipinski definition) is 0. The first-order valence-corrected chi connectivity index (χ1v) is 7.78. The Labute approximate surface area is 128 Å². The number of fused-ring (bicyclic) bond motifs is 1. The summed E-state index contributed by atoms with van der Waals surface area (Å²) >= 11 is 0. The molecule has 2 aliphatic rings. The largest absolute Gasteiger partial charge is 0.364 e. The molecule has 2 heterocycles. The molecule has 1 saturated heterocycles. The molecule has 0 radical (unpaired) electrons. The predicted octanol–water partition coefficient (Wildman–Crippen LogP) is 2.91. The quantitative estimate of drug-likeness (QED) is 0.643. The molecule has 1 aromatic heterocycles. The number of nitro benzene ring substituents is 1. The number of nitro groups is 1. The molecule has 1 aliphatic carbocycles. The third kappa shape index (κ3) is 1.88. The molecule has 0 amide bonds. The van der Waals surface area contributed by atoms with E-state index in [9.17, 15) is 10.1 Å². The van der Waals surface area contributed by atoms with Crippen molar-refractivity contribution in [3.63, 3.8) is 0 Å². The predicted molar refractivity (Wildman–Crippen MR) is 83.1 cm³/mol. The lowest BCUT2D eigenvalue weighted by Gasteiger charge is -2.19. The van der Waals surface area contributed by atoms with Crippen LogP contribution in [0.5, 0.6) is 0 Å². The zero-order valence-electron chi connectivity index (χ0n) is 12.8. The van der Waals surface area contributed by atoms with E-state index in [0.717, 1.165) is 25.0 Å². The summed E-state index contributed by atoms with van der Waals surface area (Å²) in [6, 6.07) is 3.53. The average molecular weight is 301 g/mol. The summed E-state index contributed by atoms with van der Waals surface area (Å²) < 4.78 is 1.82. The maximum Gasteiger partial charge on any atom is 0.295 e. The van der Waals surface area contributed by atoms with Crippen LogP contribution >= 0.6 is 0 Å². The highest BCUT2D eigenvalue weighted by atomic mass is 16.6. The maximum absolute atomic E-state index is 11.5. The second kappa shape index (κ2) is 4.41. The Morgan fingerprint density at radius 2 is 2.09 bits per heavy atom. The van der Waals surface area contributed by atoms with E-state index in [1.807, 2.05) is 18.5 Å². The van der Waals surface area contributed by atoms with Crippen LogP contribution in [-0.2, 0) is 0 Å². The molecule has 7 nitrogen and oxygen atoms in total. The first-order valence-electron chi connectivity index (χ1n) is 7.78. The molecule has 1 spiro atoms. The van der Waals surface area contributed by atoms with Crippen molar-refractivity contribution in [3.8, 4) is 0 Å². The lowest BCUT2D eigenvalue weighted by molar-refractivity contribution is -0.384. The third-order valence-corrected chi connectivity index (χ3v) is 4.99. The van der Waals surface area contributed by atoms with Crippen molar-refractivity contribution < 1.29 is 4.92 Å². The molecular weight excluding hydrogens is 282 g/mol. The SMILES string of the molecule is CC(C)n1nnc2c(N3CCC4(CC4)C3)c([N+](=O)[O-])ccc21. The minimum Gasteiger partial charge on any atom is -0.364 e. The van der Waals surface area contributed by atoms with Gasteiger partial charge in [-0.25, -0.2) is 4.68 Å². The van der Waals surface area contributed by atoms with E-state index in [-0.39, 0.29) is 16.7 Å². The highest BCUT2D eigenvalue weighted by Gasteiger charge is 2.49. The molecule has 1 aromatic carbocycles. The summed E-state index contributed by atoms with van der Waals surface area (Å²) in [5.74, 6) is 0. The summed E-state index contributed by atoms with van der Waals surface area (Å²) in [6.07, 6.45) is 3.61. The van der Waals surface area contributed by atoms with Gasteiger partial charge in [0.25, 0.3) is 5.69 Å². The van der Waals surface area contributed by atoms with Crippen LogP contribution in [0.2, 0.25) is 0 Å². The minimum atomic E-state index is -0.305. The zero-order chi connectivity index (χ0) is 15.5. The molecule has 0 bridgehead atoms. The molecule has 0 unspecified atom stereocenters. The number of hydrogen-bond acceptors (Lipinski definition) is 5. The lowest BCUT2D eigenvalue weighted by Crippen LogP contribution is -2.21. The minimum absolute atomic E-state index is 0.140. The summed E-state index contributed by atoms with van der Waals surface area (Å²) in [5, 5.41) is 19.9. The first kappa shape index (κ1) is 13.5. The number of aromatic nitrogens is 3. The number of anilines is 1. The summed E-state index contributed by atoms with van der Waals surface area (Å²) in [4.78, 5) is 13.3. The Hall–Kier alpha value is -2.18. The molecule has 4 rings (SSSR count). The molecule has 2 aromatic rings. The number of rotatable bonds is 3. The smallest absolute Gasteiger partial charge is 0.295 e. The van der Waals surface area contributed by atoms with E-state index in [2.05, 4.69) is 15.2 Å². The maximum atomic E-state index is 11.5. The Morgan fingerprint density at radius 3 is 2.68 bits per heavy atom. The van der Waals surface area contributed by atoms with E-state index in [1.54, 1.807) is 12.1 Å². The van der Waals surface area contributed by atoms with Crippen LogP contribution in [0.15, 0.2) is 12.1 Å². The fourth-order valence-electron chi connectivity index (χ4n) is 3.53. The molecule has 116 valence electrons. The fraction of sp³-hybridized carbons (Fsp3) is 0.600. The summed E-state index contributed by atoms with van der Waals surface area (Å²) in [6.45, 7) is 5.84. The van der Waals surface area contributed by atoms with Gasteiger partial charge < -0.3 is 4.90 Å². The zero-order valence-corrected chi connectivity index (χ0v) is 12.8. The van der Waals surface area contributed by atoms with Crippen LogP contribution in [0.4, 0.5) is 11.4 Å². The van der Waals surface area contributed by atoms with Gasteiger partial charge in [0, 0.05) is 25.2 Å². The molecule has 7 heteroatoms. The van der Waals surface area contributed by atoms with Crippen LogP contribution in [0.3, 0.4) is 0 Å². The van der Waals surface area contributed by atoms with E-state index >= 15 is 0 Å². The molecule has 0 atom stereocenters. The van der Waals surface area contributed by atoms with Crippen molar-refractivity contribution in [2.24, 2.45) is 5.41 Å². The Balaban J connectivity index is 1.89. The normalized spacial score (nSPS) is 19.5. The van der Waals surface area contributed by atoms with Gasteiger partial charge >= 0.3 is 0 Å². The van der Waals surface area contributed by atoms with Gasteiger partial charge in [0.05, 0.1) is 10.4 Å². The summed E-state index contributed by atoms with van der Waals surface area (Å²) in [5.41, 5.74) is 2.72. The van der Waals surface area contributed by atoms with E-state index in [0.29, 0.717) is 16.6 Å². The van der Waals surface area contributed by atoms with Crippen molar-refractivity contribution in [1.82, 2.24) is 15.0 Å². The van der Waals surface area contributed by atoms with Crippen molar-refractivity contribution in [2.75, 3.05) is 18.0 Å². The van der Waals surface area contributed by atoms with Gasteiger partial charge in [-0.1, -0.05) is 5.21 Å². The Kier molecular flexibility index (Phi) is 2.70. The van der Waals surface area contributed by atoms with Gasteiger partial charge in [-0.15, -0.1) is 5.10 Å². The van der Waals surface area contributed by atoms with Crippen molar-refractivity contribution in [3.05, 3.63) is 22.2 Å². The van der Waals surface area contributed by atoms with Crippen LogP contribution in [0.1, 0.15) is 39.2 Å². The molecule has 0 N–H and O–H groups in total. The van der Waals surface area contributed by atoms with E-state index in [1.165, 1.54) is 12.8 Å². The van der Waals surface area contributed by atoms with Crippen molar-refractivity contribution in [2.45, 2.75) is 39.2 Å². The van der Waals surface area contributed by atoms with Gasteiger partial charge in [0.1, 0.15) is 11.2 Å². The van der Waals surface area contributed by atoms with Crippen LogP contribution in [0, 0.1) is 15.5 Å². The lowest BCUT2D eigenvalue weighted by atomic mass is 10.1. The molecule has 1 aliphatic heterocycles. The molecule has 1 saturated carbocycles. The van der Waals surface area contributed by atoms with E-state index < -0.39 is 0 Å². The van der Waals surface area contributed by atoms with Crippen LogP contribution < -0.4 is 4.90 Å². The monoisotopic (exact) mass is 301 g/mol. The first-order chi connectivity index (χ1) is 10.5. The second-order valence-electron chi connectivity index (χ2n) is 6.86. The van der Waals surface area contributed by atoms with Gasteiger partial charge in [-0.2, -0.15) is 0 Å². The highest BCUT2D eigenvalue weighted by molar-refractivity contribution is 5.94. The third-order valence-electron chi connectivity index (χ3n) is 4.99. The standard InChI is InChI=1S/C15H19N5O2/c1-10(2)19-11-3-4-12(20(21)22)14(13(11)16-17-19)18-8-7-15(9-18)5-6-15/h3-4,10H,5-9H2,1-2H3. The fourth-order valence-corrected chi connectivity index (χ4v) is 3.53. The average Bonchev–Trinajstić information content (AvgIpc) is 2.92. The number of nitrogens with zero attached hydrogens (tertiary/aromatic N) is 5. The van der Waals surface area contributed by atoms with Crippen molar-refractivity contribution >= 4 is 22.4 Å². The van der Waals surface area contributed by atoms with Crippen LogP contribution in [0.25, 0.3) is 11.0 Å². The Morgan fingerprint density at radius 1 is 1.32 bits per heavy atom. The van der Waals surface area contributed by atoms with Gasteiger partial charge in [-0.05, 0) is 44.6 Å². The van der Waals surface area contributed by atoms with Crippen LogP contribution in [-0.4, -0.2) is 33.0 Å². The van der Waals surface area contributed by atoms with Gasteiger partial charge in [-0.3, -0.25) is 10.1 Å². The van der Waals surface area contributed by atoms with E-state index in [4.69, 9.17) is 0 Å².